The molecule has 2 heterocycles. The lowest BCUT2D eigenvalue weighted by atomic mass is 9.98. The van der Waals surface area contributed by atoms with Crippen molar-refractivity contribution in [3.8, 4) is 22.4 Å². The van der Waals surface area contributed by atoms with Crippen molar-refractivity contribution in [2.45, 2.75) is 6.92 Å². The van der Waals surface area contributed by atoms with E-state index in [0.717, 1.165) is 35.5 Å². The van der Waals surface area contributed by atoms with Crippen molar-refractivity contribution in [2.75, 3.05) is 5.73 Å². The standard InChI is InChI=1S/C14H10Br2N2OS/c1-7-4-2-3-5-8(7)11-12(18-19-14(11)17)9-6-10(15)20-13(9)16/h2-6H,17H2,1H3. The first kappa shape index (κ1) is 13.9. The number of thiophene rings is 1. The Balaban J connectivity index is 2.26. The fourth-order valence-electron chi connectivity index (χ4n) is 2.10. The summed E-state index contributed by atoms with van der Waals surface area (Å²) in [5, 5.41) is 4.13. The van der Waals surface area contributed by atoms with Crippen LogP contribution in [0, 0.1) is 6.92 Å². The molecule has 3 nitrogen and oxygen atoms in total. The molecule has 6 heteroatoms. The first-order valence-corrected chi connectivity index (χ1v) is 8.24. The molecule has 0 amide bonds. The molecule has 102 valence electrons. The van der Waals surface area contributed by atoms with Crippen molar-refractivity contribution < 1.29 is 4.52 Å². The molecule has 0 radical (unpaired) electrons. The lowest BCUT2D eigenvalue weighted by Gasteiger charge is -2.05. The Morgan fingerprint density at radius 2 is 1.95 bits per heavy atom. The Morgan fingerprint density at radius 3 is 2.60 bits per heavy atom. The molecule has 0 aliphatic heterocycles. The highest BCUT2D eigenvalue weighted by atomic mass is 79.9. The van der Waals surface area contributed by atoms with Crippen LogP contribution in [-0.4, -0.2) is 5.16 Å². The van der Waals surface area contributed by atoms with Crippen LogP contribution >= 0.6 is 43.2 Å². The summed E-state index contributed by atoms with van der Waals surface area (Å²) in [6.45, 7) is 2.05. The minimum absolute atomic E-state index is 0.337. The maximum Gasteiger partial charge on any atom is 0.230 e. The average Bonchev–Trinajstić information content (AvgIpc) is 2.93. The first-order valence-electron chi connectivity index (χ1n) is 5.84. The van der Waals surface area contributed by atoms with Crippen LogP contribution in [0.25, 0.3) is 22.4 Å². The third-order valence-corrected chi connectivity index (χ3v) is 5.38. The molecule has 3 aromatic rings. The smallest absolute Gasteiger partial charge is 0.230 e. The van der Waals surface area contributed by atoms with E-state index in [1.165, 1.54) is 0 Å². The van der Waals surface area contributed by atoms with E-state index >= 15 is 0 Å². The molecule has 0 saturated heterocycles. The van der Waals surface area contributed by atoms with E-state index in [1.807, 2.05) is 37.3 Å². The van der Waals surface area contributed by atoms with Gasteiger partial charge < -0.3 is 10.3 Å². The summed E-state index contributed by atoms with van der Waals surface area (Å²) in [5.41, 5.74) is 10.7. The zero-order chi connectivity index (χ0) is 14.3. The minimum atomic E-state index is 0.337. The van der Waals surface area contributed by atoms with E-state index in [9.17, 15) is 0 Å². The van der Waals surface area contributed by atoms with Crippen molar-refractivity contribution >= 4 is 49.1 Å². The largest absolute Gasteiger partial charge is 0.367 e. The maximum absolute atomic E-state index is 5.98. The summed E-state index contributed by atoms with van der Waals surface area (Å²) in [5.74, 6) is 0.337. The monoisotopic (exact) mass is 412 g/mol. The van der Waals surface area contributed by atoms with E-state index in [1.54, 1.807) is 11.3 Å². The predicted molar refractivity (Wildman–Crippen MR) is 89.8 cm³/mol. The zero-order valence-corrected chi connectivity index (χ0v) is 14.5. The Hall–Kier alpha value is -1.11. The number of hydrogen-bond donors (Lipinski definition) is 1. The van der Waals surface area contributed by atoms with Gasteiger partial charge in [0.25, 0.3) is 0 Å². The molecule has 0 saturated carbocycles. The van der Waals surface area contributed by atoms with E-state index in [4.69, 9.17) is 10.3 Å². The van der Waals surface area contributed by atoms with Gasteiger partial charge in [-0.1, -0.05) is 29.4 Å². The third-order valence-electron chi connectivity index (χ3n) is 3.04. The second kappa shape index (κ2) is 5.35. The fourth-order valence-corrected chi connectivity index (χ4v) is 4.91. The second-order valence-electron chi connectivity index (χ2n) is 4.32. The van der Waals surface area contributed by atoms with Gasteiger partial charge in [-0.25, -0.2) is 0 Å². The number of nitrogens with zero attached hydrogens (tertiary/aromatic N) is 1. The van der Waals surface area contributed by atoms with Crippen molar-refractivity contribution in [1.82, 2.24) is 5.16 Å². The van der Waals surface area contributed by atoms with Gasteiger partial charge in [0.2, 0.25) is 5.88 Å². The number of rotatable bonds is 2. The fraction of sp³-hybridized carbons (Fsp3) is 0.0714. The van der Waals surface area contributed by atoms with Crippen molar-refractivity contribution in [3.63, 3.8) is 0 Å². The van der Waals surface area contributed by atoms with Gasteiger partial charge in [-0.05, 0) is 56.0 Å². The van der Waals surface area contributed by atoms with E-state index in [2.05, 4.69) is 37.0 Å². The molecule has 0 aliphatic rings. The van der Waals surface area contributed by atoms with Crippen LogP contribution in [0.2, 0.25) is 0 Å². The van der Waals surface area contributed by atoms with E-state index in [0.29, 0.717) is 5.88 Å². The Bertz CT molecular complexity index is 779. The molecule has 2 N–H and O–H groups in total. The molecule has 0 fully saturated rings. The molecule has 0 bridgehead atoms. The molecule has 2 aromatic heterocycles. The van der Waals surface area contributed by atoms with Crippen LogP contribution < -0.4 is 5.73 Å². The van der Waals surface area contributed by atoms with Gasteiger partial charge in [0.05, 0.1) is 13.1 Å². The predicted octanol–water partition coefficient (Wildman–Crippen LogP) is 5.49. The third kappa shape index (κ3) is 2.32. The van der Waals surface area contributed by atoms with Crippen LogP contribution in [0.4, 0.5) is 5.88 Å². The molecule has 20 heavy (non-hydrogen) atoms. The van der Waals surface area contributed by atoms with Crippen molar-refractivity contribution in [3.05, 3.63) is 43.5 Å². The van der Waals surface area contributed by atoms with Crippen LogP contribution in [0.1, 0.15) is 5.56 Å². The van der Waals surface area contributed by atoms with Gasteiger partial charge >= 0.3 is 0 Å². The Kier molecular flexibility index (Phi) is 3.70. The number of nitrogen functional groups attached to an aromatic ring is 1. The van der Waals surface area contributed by atoms with Crippen LogP contribution in [-0.2, 0) is 0 Å². The summed E-state index contributed by atoms with van der Waals surface area (Å²) >= 11 is 8.63. The van der Waals surface area contributed by atoms with Crippen molar-refractivity contribution in [1.29, 1.82) is 0 Å². The zero-order valence-electron chi connectivity index (χ0n) is 10.5. The lowest BCUT2D eigenvalue weighted by molar-refractivity contribution is 0.439. The summed E-state index contributed by atoms with van der Waals surface area (Å²) < 4.78 is 7.24. The summed E-state index contributed by atoms with van der Waals surface area (Å²) in [6, 6.07) is 10.1. The molecular weight excluding hydrogens is 404 g/mol. The number of aromatic nitrogens is 1. The molecule has 1 aromatic carbocycles. The number of anilines is 1. The highest BCUT2D eigenvalue weighted by Gasteiger charge is 2.21. The summed E-state index contributed by atoms with van der Waals surface area (Å²) in [7, 11) is 0. The quantitative estimate of drug-likeness (QED) is 0.604. The van der Waals surface area contributed by atoms with Crippen LogP contribution in [0.5, 0.6) is 0 Å². The van der Waals surface area contributed by atoms with Gasteiger partial charge in [0.1, 0.15) is 5.69 Å². The average molecular weight is 414 g/mol. The van der Waals surface area contributed by atoms with E-state index in [-0.39, 0.29) is 0 Å². The first-order chi connectivity index (χ1) is 9.58. The van der Waals surface area contributed by atoms with Crippen LogP contribution in [0.3, 0.4) is 0 Å². The van der Waals surface area contributed by atoms with Crippen molar-refractivity contribution in [2.24, 2.45) is 0 Å². The van der Waals surface area contributed by atoms with Gasteiger partial charge in [0.15, 0.2) is 0 Å². The molecule has 0 aliphatic carbocycles. The second-order valence-corrected chi connectivity index (χ2v) is 8.07. The number of nitrogens with two attached hydrogens (primary N) is 1. The lowest BCUT2D eigenvalue weighted by Crippen LogP contribution is -1.89. The van der Waals surface area contributed by atoms with E-state index < -0.39 is 0 Å². The molecule has 0 atom stereocenters. The number of hydrogen-bond acceptors (Lipinski definition) is 4. The van der Waals surface area contributed by atoms with Crippen LogP contribution in [0.15, 0.2) is 42.4 Å². The van der Waals surface area contributed by atoms with Gasteiger partial charge in [0, 0.05) is 5.56 Å². The minimum Gasteiger partial charge on any atom is -0.367 e. The summed E-state index contributed by atoms with van der Waals surface area (Å²) in [4.78, 5) is 0. The maximum atomic E-state index is 5.98. The molecular formula is C14H10Br2N2OS. The Labute approximate surface area is 137 Å². The van der Waals surface area contributed by atoms with Gasteiger partial charge in [-0.2, -0.15) is 0 Å². The molecule has 0 unspecified atom stereocenters. The molecule has 0 spiro atoms. The summed E-state index contributed by atoms with van der Waals surface area (Å²) in [6.07, 6.45) is 0. The number of aryl methyl sites for hydroxylation is 1. The highest BCUT2D eigenvalue weighted by Crippen LogP contribution is 2.44. The SMILES string of the molecule is Cc1ccccc1-c1c(-c2cc(Br)sc2Br)noc1N. The topological polar surface area (TPSA) is 52.0 Å². The van der Waals surface area contributed by atoms with Gasteiger partial charge in [-0.15, -0.1) is 11.3 Å². The number of benzene rings is 1. The normalized spacial score (nSPS) is 10.9. The highest BCUT2D eigenvalue weighted by molar-refractivity contribution is 9.12. The Morgan fingerprint density at radius 1 is 1.20 bits per heavy atom. The molecule has 3 rings (SSSR count). The number of halogens is 2. The van der Waals surface area contributed by atoms with Gasteiger partial charge in [-0.3, -0.25) is 0 Å².